The van der Waals surface area contributed by atoms with Crippen molar-refractivity contribution in [3.63, 3.8) is 0 Å². The fourth-order valence-corrected chi connectivity index (χ4v) is 7.29. The Morgan fingerprint density at radius 3 is 1.04 bits per heavy atom. The summed E-state index contributed by atoms with van der Waals surface area (Å²) in [5.74, 6) is 0. The van der Waals surface area contributed by atoms with Gasteiger partial charge >= 0.3 is 0 Å². The molecule has 2 N–H and O–H groups in total. The standard InChI is InChI=1S/C40H68Br2N4/c1-3-5-7-9-15-19-23-31-43-37-27-33-45(34-28-37)39(41)25-21-17-13-11-12-14-18-22-26-40(42)46-35-29-38(30-36-46)44-32-24-20-16-10-8-6-4-2/h27-30,33-36,39-40H,3-26,31-32H2,1-2H3/p+2. The number of halogens is 2. The first-order chi connectivity index (χ1) is 22.6. The first-order valence-corrected chi connectivity index (χ1v) is 21.2. The lowest BCUT2D eigenvalue weighted by molar-refractivity contribution is -0.698. The number of rotatable bonds is 31. The van der Waals surface area contributed by atoms with Gasteiger partial charge in [-0.1, -0.05) is 129 Å². The van der Waals surface area contributed by atoms with Gasteiger partial charge in [-0.05, 0) is 57.5 Å². The number of unbranched alkanes of at least 4 members (excludes halogenated alkanes) is 19. The Labute approximate surface area is 301 Å². The minimum absolute atomic E-state index is 0.391. The molecule has 262 valence electrons. The number of aromatic nitrogens is 2. The van der Waals surface area contributed by atoms with Crippen LogP contribution in [0.5, 0.6) is 0 Å². The number of alkyl halides is 2. The molecule has 0 saturated heterocycles. The predicted octanol–water partition coefficient (Wildman–Crippen LogP) is 13.0. The van der Waals surface area contributed by atoms with Crippen molar-refractivity contribution in [2.75, 3.05) is 23.7 Å². The normalized spacial score (nSPS) is 12.7. The molecule has 2 aromatic rings. The van der Waals surface area contributed by atoms with E-state index < -0.39 is 0 Å². The van der Waals surface area contributed by atoms with Crippen LogP contribution in [0.4, 0.5) is 11.4 Å². The van der Waals surface area contributed by atoms with Crippen LogP contribution in [0.2, 0.25) is 0 Å². The van der Waals surface area contributed by atoms with Crippen LogP contribution < -0.4 is 19.8 Å². The van der Waals surface area contributed by atoms with Crippen LogP contribution in [0.3, 0.4) is 0 Å². The third-order valence-corrected chi connectivity index (χ3v) is 11.1. The smallest absolute Gasteiger partial charge is 0.211 e. The van der Waals surface area contributed by atoms with Gasteiger partial charge in [-0.25, -0.2) is 0 Å². The molecule has 0 fully saturated rings. The molecule has 0 spiro atoms. The van der Waals surface area contributed by atoms with E-state index in [0.717, 1.165) is 13.1 Å². The molecule has 4 nitrogen and oxygen atoms in total. The number of hydrogen-bond acceptors (Lipinski definition) is 2. The van der Waals surface area contributed by atoms with E-state index in [-0.39, 0.29) is 0 Å². The summed E-state index contributed by atoms with van der Waals surface area (Å²) < 4.78 is 4.61. The monoisotopic (exact) mass is 764 g/mol. The van der Waals surface area contributed by atoms with Gasteiger partial charge in [0.1, 0.15) is 0 Å². The first-order valence-electron chi connectivity index (χ1n) is 19.4. The number of nitrogens with zero attached hydrogens (tertiary/aromatic N) is 2. The Hall–Kier alpha value is -1.14. The largest absolute Gasteiger partial charge is 0.385 e. The molecule has 0 aliphatic heterocycles. The Balaban J connectivity index is 1.41. The van der Waals surface area contributed by atoms with E-state index in [9.17, 15) is 0 Å². The van der Waals surface area contributed by atoms with Crippen LogP contribution in [-0.4, -0.2) is 13.1 Å². The van der Waals surface area contributed by atoms with Crippen LogP contribution in [0.15, 0.2) is 49.1 Å². The van der Waals surface area contributed by atoms with Gasteiger partial charge in [0.25, 0.3) is 0 Å². The minimum atomic E-state index is 0.391. The van der Waals surface area contributed by atoms with Crippen molar-refractivity contribution >= 4 is 43.2 Å². The van der Waals surface area contributed by atoms with E-state index in [2.05, 4.69) is 115 Å². The van der Waals surface area contributed by atoms with Crippen LogP contribution in [0.1, 0.15) is 178 Å². The molecule has 0 aromatic carbocycles. The Morgan fingerprint density at radius 1 is 0.435 bits per heavy atom. The average molecular weight is 767 g/mol. The molecule has 0 aliphatic rings. The summed E-state index contributed by atoms with van der Waals surface area (Å²) >= 11 is 7.82. The summed E-state index contributed by atoms with van der Waals surface area (Å²) in [4.78, 5) is 0.782. The molecule has 2 heterocycles. The molecule has 0 aliphatic carbocycles. The predicted molar refractivity (Wildman–Crippen MR) is 208 cm³/mol. The highest BCUT2D eigenvalue weighted by Crippen LogP contribution is 2.20. The van der Waals surface area contributed by atoms with Gasteiger partial charge in [-0.15, -0.1) is 0 Å². The van der Waals surface area contributed by atoms with Gasteiger partial charge in [0, 0.05) is 61.6 Å². The van der Waals surface area contributed by atoms with Gasteiger partial charge in [0.2, 0.25) is 9.90 Å². The summed E-state index contributed by atoms with van der Waals surface area (Å²) in [7, 11) is 0. The minimum Gasteiger partial charge on any atom is -0.385 e. The zero-order valence-electron chi connectivity index (χ0n) is 29.8. The Morgan fingerprint density at radius 2 is 0.717 bits per heavy atom. The van der Waals surface area contributed by atoms with Crippen LogP contribution in [0.25, 0.3) is 0 Å². The maximum absolute atomic E-state index is 3.91. The zero-order chi connectivity index (χ0) is 32.9. The number of anilines is 2. The summed E-state index contributed by atoms with van der Waals surface area (Å²) in [5.41, 5.74) is 2.48. The summed E-state index contributed by atoms with van der Waals surface area (Å²) in [6.07, 6.45) is 41.0. The zero-order valence-corrected chi connectivity index (χ0v) is 33.0. The van der Waals surface area contributed by atoms with Crippen molar-refractivity contribution in [2.45, 2.75) is 178 Å². The van der Waals surface area contributed by atoms with Crippen molar-refractivity contribution < 1.29 is 9.13 Å². The quantitative estimate of drug-likeness (QED) is 0.0455. The number of pyridine rings is 2. The molecule has 46 heavy (non-hydrogen) atoms. The lowest BCUT2D eigenvalue weighted by atomic mass is 10.1. The lowest BCUT2D eigenvalue weighted by Gasteiger charge is -2.09. The molecule has 2 atom stereocenters. The van der Waals surface area contributed by atoms with Gasteiger partial charge in [-0.3, -0.25) is 0 Å². The third-order valence-electron chi connectivity index (χ3n) is 9.21. The number of hydrogen-bond donors (Lipinski definition) is 2. The number of nitrogens with one attached hydrogen (secondary N) is 2. The fourth-order valence-electron chi connectivity index (χ4n) is 6.10. The topological polar surface area (TPSA) is 31.8 Å². The molecule has 6 heteroatoms. The summed E-state index contributed by atoms with van der Waals surface area (Å²) in [6.45, 7) is 6.73. The molecular weight excluding hydrogens is 696 g/mol. The highest BCUT2D eigenvalue weighted by atomic mass is 79.9. The maximum atomic E-state index is 3.91. The molecule has 2 rings (SSSR count). The van der Waals surface area contributed by atoms with E-state index in [1.165, 1.54) is 165 Å². The summed E-state index contributed by atoms with van der Waals surface area (Å²) in [6, 6.07) is 8.88. The molecule has 0 bridgehead atoms. The first kappa shape index (κ1) is 41.0. The highest BCUT2D eigenvalue weighted by molar-refractivity contribution is 9.09. The summed E-state index contributed by atoms with van der Waals surface area (Å²) in [5, 5.41) is 7.18. The van der Waals surface area contributed by atoms with Crippen molar-refractivity contribution in [3.05, 3.63) is 49.1 Å². The molecule has 2 unspecified atom stereocenters. The molecular formula is C40H70Br2N4+2. The molecule has 0 amide bonds. The SMILES string of the molecule is CCCCCCCCCNc1cc[n+](C(Br)CCCCCCCCCCC(Br)[n+]2ccc(NCCCCCCCCC)cc2)cc1. The van der Waals surface area contributed by atoms with Crippen molar-refractivity contribution in [1.82, 2.24) is 0 Å². The van der Waals surface area contributed by atoms with Crippen molar-refractivity contribution in [2.24, 2.45) is 0 Å². The second-order valence-electron chi connectivity index (χ2n) is 13.4. The molecule has 0 radical (unpaired) electrons. The van der Waals surface area contributed by atoms with Gasteiger partial charge in [-0.2, -0.15) is 9.13 Å². The molecule has 0 saturated carbocycles. The van der Waals surface area contributed by atoms with E-state index in [1.54, 1.807) is 0 Å². The Kier molecular flexibility index (Phi) is 25.7. The third kappa shape index (κ3) is 21.0. The van der Waals surface area contributed by atoms with Crippen LogP contribution >= 0.6 is 31.9 Å². The van der Waals surface area contributed by atoms with Gasteiger partial charge in [0.15, 0.2) is 24.8 Å². The van der Waals surface area contributed by atoms with E-state index in [0.29, 0.717) is 9.90 Å². The highest BCUT2D eigenvalue weighted by Gasteiger charge is 2.14. The average Bonchev–Trinajstić information content (AvgIpc) is 3.08. The Bertz CT molecular complexity index is 860. The maximum Gasteiger partial charge on any atom is 0.211 e. The van der Waals surface area contributed by atoms with Gasteiger partial charge < -0.3 is 10.6 Å². The van der Waals surface area contributed by atoms with Crippen molar-refractivity contribution in [3.8, 4) is 0 Å². The fraction of sp³-hybridized carbons (Fsp3) is 0.750. The van der Waals surface area contributed by atoms with E-state index in [1.807, 2.05) is 0 Å². The second-order valence-corrected chi connectivity index (χ2v) is 15.6. The van der Waals surface area contributed by atoms with Crippen LogP contribution in [-0.2, 0) is 0 Å². The van der Waals surface area contributed by atoms with E-state index >= 15 is 0 Å². The molecule has 2 aromatic heterocycles. The second kappa shape index (κ2) is 28.8. The van der Waals surface area contributed by atoms with Gasteiger partial charge in [0.05, 0.1) is 0 Å². The van der Waals surface area contributed by atoms with E-state index in [4.69, 9.17) is 0 Å². The van der Waals surface area contributed by atoms with Crippen molar-refractivity contribution in [1.29, 1.82) is 0 Å². The lowest BCUT2D eigenvalue weighted by Crippen LogP contribution is -2.35. The van der Waals surface area contributed by atoms with Crippen LogP contribution in [0, 0.1) is 0 Å².